The average molecular weight is 331 g/mol. The van der Waals surface area contributed by atoms with Crippen molar-refractivity contribution < 1.29 is 4.42 Å². The van der Waals surface area contributed by atoms with Crippen LogP contribution in [0.3, 0.4) is 0 Å². The molecule has 18 heavy (non-hydrogen) atoms. The number of rotatable bonds is 5. The van der Waals surface area contributed by atoms with Crippen LogP contribution in [0.4, 0.5) is 0 Å². The van der Waals surface area contributed by atoms with Gasteiger partial charge in [-0.25, -0.2) is 0 Å². The fourth-order valence-electron chi connectivity index (χ4n) is 2.13. The van der Waals surface area contributed by atoms with Gasteiger partial charge in [0.1, 0.15) is 5.76 Å². The van der Waals surface area contributed by atoms with Crippen LogP contribution in [0.2, 0.25) is 5.02 Å². The molecule has 1 aromatic carbocycles. The number of benzene rings is 1. The zero-order valence-corrected chi connectivity index (χ0v) is 13.0. The Kier molecular flexibility index (Phi) is 4.71. The summed E-state index contributed by atoms with van der Waals surface area (Å²) in [6.45, 7) is 5.95. The van der Waals surface area contributed by atoms with Gasteiger partial charge in [0, 0.05) is 15.4 Å². The van der Waals surface area contributed by atoms with Crippen LogP contribution in [0, 0.1) is 0 Å². The van der Waals surface area contributed by atoms with Gasteiger partial charge in [0.05, 0.1) is 11.6 Å². The highest BCUT2D eigenvalue weighted by Gasteiger charge is 2.16. The first-order valence-electron chi connectivity index (χ1n) is 6.27. The fourth-order valence-corrected chi connectivity index (χ4v) is 2.98. The largest absolute Gasteiger partial charge is 0.458 e. The summed E-state index contributed by atoms with van der Waals surface area (Å²) in [5.74, 6) is 1.01. The maximum absolute atomic E-state index is 6.24. The molecule has 0 amide bonds. The minimum Gasteiger partial charge on any atom is -0.458 e. The maximum Gasteiger partial charge on any atom is 0.153 e. The van der Waals surface area contributed by atoms with Gasteiger partial charge < -0.3 is 9.73 Å². The van der Waals surface area contributed by atoms with Crippen molar-refractivity contribution in [2.45, 2.75) is 33.2 Å². The van der Waals surface area contributed by atoms with Crippen LogP contribution in [-0.2, 0) is 13.0 Å². The van der Waals surface area contributed by atoms with E-state index in [2.05, 4.69) is 41.2 Å². The molecular formula is C14H17BrClNO. The quantitative estimate of drug-likeness (QED) is 0.842. The number of aryl methyl sites for hydroxylation is 1. The molecule has 0 unspecified atom stereocenters. The lowest BCUT2D eigenvalue weighted by molar-refractivity contribution is 0.513. The predicted octanol–water partition coefficient (Wildman–Crippen LogP) is 4.91. The molecule has 2 nitrogen and oxygen atoms in total. The van der Waals surface area contributed by atoms with Crippen molar-refractivity contribution in [1.29, 1.82) is 0 Å². The SMILES string of the molecule is CCCc1c(CNCC)oc2c(Cl)cc(Br)cc12. The zero-order valence-electron chi connectivity index (χ0n) is 10.6. The van der Waals surface area contributed by atoms with Gasteiger partial charge in [-0.15, -0.1) is 0 Å². The number of halogens is 2. The van der Waals surface area contributed by atoms with Crippen molar-refractivity contribution in [1.82, 2.24) is 5.32 Å². The summed E-state index contributed by atoms with van der Waals surface area (Å²) >= 11 is 9.73. The van der Waals surface area contributed by atoms with Crippen molar-refractivity contribution in [3.8, 4) is 0 Å². The number of nitrogens with one attached hydrogen (secondary N) is 1. The number of fused-ring (bicyclic) bond motifs is 1. The Balaban J connectivity index is 2.55. The molecule has 0 bridgehead atoms. The van der Waals surface area contributed by atoms with Crippen molar-refractivity contribution in [3.05, 3.63) is 33.0 Å². The summed E-state index contributed by atoms with van der Waals surface area (Å²) in [5.41, 5.74) is 2.08. The second kappa shape index (κ2) is 6.09. The van der Waals surface area contributed by atoms with Crippen LogP contribution in [0.25, 0.3) is 11.0 Å². The maximum atomic E-state index is 6.24. The molecule has 4 heteroatoms. The highest BCUT2D eigenvalue weighted by Crippen LogP contribution is 2.34. The Labute approximate surface area is 121 Å². The standard InChI is InChI=1S/C14H17BrClNO/c1-3-5-10-11-6-9(15)7-12(16)14(11)18-13(10)8-17-4-2/h6-7,17H,3-5,8H2,1-2H3. The molecule has 2 rings (SSSR count). The number of furan rings is 1. The fraction of sp³-hybridized carbons (Fsp3) is 0.429. The van der Waals surface area contributed by atoms with E-state index in [1.54, 1.807) is 0 Å². The van der Waals surface area contributed by atoms with E-state index in [0.29, 0.717) is 5.02 Å². The third kappa shape index (κ3) is 2.73. The first kappa shape index (κ1) is 13.9. The Bertz CT molecular complexity index is 550. The molecule has 1 heterocycles. The molecule has 0 atom stereocenters. The van der Waals surface area contributed by atoms with Crippen LogP contribution >= 0.6 is 27.5 Å². The zero-order chi connectivity index (χ0) is 13.1. The molecule has 0 aliphatic rings. The molecule has 1 aromatic heterocycles. The molecule has 0 saturated carbocycles. The van der Waals surface area contributed by atoms with Gasteiger partial charge in [0.2, 0.25) is 0 Å². The summed E-state index contributed by atoms with van der Waals surface area (Å²) < 4.78 is 6.92. The van der Waals surface area contributed by atoms with Crippen LogP contribution < -0.4 is 5.32 Å². The van der Waals surface area contributed by atoms with E-state index in [-0.39, 0.29) is 0 Å². The molecule has 0 fully saturated rings. The lowest BCUT2D eigenvalue weighted by Gasteiger charge is -2.02. The van der Waals surface area contributed by atoms with Gasteiger partial charge >= 0.3 is 0 Å². The number of hydrogen-bond acceptors (Lipinski definition) is 2. The molecule has 98 valence electrons. The van der Waals surface area contributed by atoms with E-state index in [1.165, 1.54) is 5.56 Å². The van der Waals surface area contributed by atoms with Gasteiger partial charge in [-0.1, -0.05) is 47.8 Å². The third-order valence-corrected chi connectivity index (χ3v) is 3.67. The normalized spacial score (nSPS) is 11.3. The Hall–Kier alpha value is -0.510. The Morgan fingerprint density at radius 3 is 2.78 bits per heavy atom. The van der Waals surface area contributed by atoms with Crippen LogP contribution in [0.5, 0.6) is 0 Å². The van der Waals surface area contributed by atoms with E-state index < -0.39 is 0 Å². The second-order valence-electron chi connectivity index (χ2n) is 4.30. The third-order valence-electron chi connectivity index (χ3n) is 2.93. The van der Waals surface area contributed by atoms with Crippen molar-refractivity contribution >= 4 is 38.5 Å². The summed E-state index contributed by atoms with van der Waals surface area (Å²) in [7, 11) is 0. The van der Waals surface area contributed by atoms with Crippen LogP contribution in [-0.4, -0.2) is 6.54 Å². The van der Waals surface area contributed by atoms with Crippen LogP contribution in [0.15, 0.2) is 21.0 Å². The molecule has 0 spiro atoms. The summed E-state index contributed by atoms with van der Waals surface area (Å²) in [6.07, 6.45) is 2.11. The smallest absolute Gasteiger partial charge is 0.153 e. The van der Waals surface area contributed by atoms with Crippen molar-refractivity contribution in [2.75, 3.05) is 6.54 Å². The van der Waals surface area contributed by atoms with Crippen molar-refractivity contribution in [3.63, 3.8) is 0 Å². The van der Waals surface area contributed by atoms with Crippen LogP contribution in [0.1, 0.15) is 31.6 Å². The van der Waals surface area contributed by atoms with Gasteiger partial charge in [-0.3, -0.25) is 0 Å². The summed E-state index contributed by atoms with van der Waals surface area (Å²) in [6, 6.07) is 3.96. The molecule has 0 saturated heterocycles. The monoisotopic (exact) mass is 329 g/mol. The lowest BCUT2D eigenvalue weighted by Crippen LogP contribution is -2.12. The topological polar surface area (TPSA) is 25.2 Å². The average Bonchev–Trinajstić information content (AvgIpc) is 2.66. The minimum absolute atomic E-state index is 0.666. The first-order chi connectivity index (χ1) is 8.67. The van der Waals surface area contributed by atoms with Gasteiger partial charge in [-0.05, 0) is 25.1 Å². The Morgan fingerprint density at radius 1 is 1.33 bits per heavy atom. The van der Waals surface area contributed by atoms with E-state index in [1.807, 2.05) is 6.07 Å². The molecule has 1 N–H and O–H groups in total. The second-order valence-corrected chi connectivity index (χ2v) is 5.62. The van der Waals surface area contributed by atoms with Crippen molar-refractivity contribution in [2.24, 2.45) is 0 Å². The van der Waals surface area contributed by atoms with E-state index in [0.717, 1.165) is 47.1 Å². The van der Waals surface area contributed by atoms with E-state index >= 15 is 0 Å². The highest BCUT2D eigenvalue weighted by molar-refractivity contribution is 9.10. The van der Waals surface area contributed by atoms with Gasteiger partial charge in [-0.2, -0.15) is 0 Å². The summed E-state index contributed by atoms with van der Waals surface area (Å²) in [5, 5.41) is 5.10. The highest BCUT2D eigenvalue weighted by atomic mass is 79.9. The molecule has 2 aromatic rings. The van der Waals surface area contributed by atoms with Gasteiger partial charge in [0.25, 0.3) is 0 Å². The minimum atomic E-state index is 0.666. The van der Waals surface area contributed by atoms with E-state index in [9.17, 15) is 0 Å². The van der Waals surface area contributed by atoms with E-state index in [4.69, 9.17) is 16.0 Å². The molecule has 0 radical (unpaired) electrons. The summed E-state index contributed by atoms with van der Waals surface area (Å²) in [4.78, 5) is 0. The molecule has 0 aliphatic heterocycles. The molecule has 0 aliphatic carbocycles. The molecular weight excluding hydrogens is 314 g/mol. The lowest BCUT2D eigenvalue weighted by atomic mass is 10.1. The number of hydrogen-bond donors (Lipinski definition) is 1. The predicted molar refractivity (Wildman–Crippen MR) is 80.3 cm³/mol. The van der Waals surface area contributed by atoms with Gasteiger partial charge in [0.15, 0.2) is 5.58 Å². The first-order valence-corrected chi connectivity index (χ1v) is 7.44. The Morgan fingerprint density at radius 2 is 2.11 bits per heavy atom.